The summed E-state index contributed by atoms with van der Waals surface area (Å²) in [4.78, 5) is 27.5. The molecule has 9 heteroatoms. The molecule has 2 aromatic heterocycles. The lowest BCUT2D eigenvalue weighted by atomic mass is 9.96. The number of carbonyl (C=O) groups is 1. The van der Waals surface area contributed by atoms with Crippen molar-refractivity contribution in [3.63, 3.8) is 0 Å². The summed E-state index contributed by atoms with van der Waals surface area (Å²) in [6.45, 7) is 0.771. The van der Waals surface area contributed by atoms with Gasteiger partial charge in [-0.2, -0.15) is 5.10 Å². The van der Waals surface area contributed by atoms with Crippen molar-refractivity contribution in [3.8, 4) is 11.5 Å². The number of aromatic amines is 1. The molecule has 2 atom stereocenters. The SMILES string of the molecule is O=C(Cn1cncn1)N1C[C@H](Cc2ccccc2)C[C@H]1c1nc2ccc(Oc3ccc(F)cc3)cc2[nH]1. The van der Waals surface area contributed by atoms with Crippen LogP contribution in [0.4, 0.5) is 4.39 Å². The Morgan fingerprint density at radius 3 is 2.65 bits per heavy atom. The molecule has 0 radical (unpaired) electrons. The molecule has 1 amide bonds. The largest absolute Gasteiger partial charge is 0.457 e. The molecule has 0 bridgehead atoms. The molecule has 1 N–H and O–H groups in total. The van der Waals surface area contributed by atoms with Crippen LogP contribution in [-0.4, -0.2) is 42.1 Å². The maximum atomic E-state index is 13.3. The smallest absolute Gasteiger partial charge is 0.245 e. The Labute approximate surface area is 212 Å². The molecule has 0 aliphatic carbocycles. The van der Waals surface area contributed by atoms with Gasteiger partial charge in [0.2, 0.25) is 5.91 Å². The van der Waals surface area contributed by atoms with Crippen LogP contribution in [0, 0.1) is 11.7 Å². The van der Waals surface area contributed by atoms with Crippen molar-refractivity contribution in [2.24, 2.45) is 5.92 Å². The van der Waals surface area contributed by atoms with Gasteiger partial charge in [0.1, 0.15) is 42.3 Å². The summed E-state index contributed by atoms with van der Waals surface area (Å²) >= 11 is 0. The lowest BCUT2D eigenvalue weighted by Gasteiger charge is -2.23. The highest BCUT2D eigenvalue weighted by Gasteiger charge is 2.38. The van der Waals surface area contributed by atoms with Gasteiger partial charge in [-0.1, -0.05) is 30.3 Å². The number of ether oxygens (including phenoxy) is 1. The highest BCUT2D eigenvalue weighted by atomic mass is 19.1. The fraction of sp³-hybridized carbons (Fsp3) is 0.214. The van der Waals surface area contributed by atoms with E-state index in [0.717, 1.165) is 29.7 Å². The lowest BCUT2D eigenvalue weighted by molar-refractivity contribution is -0.133. The first-order chi connectivity index (χ1) is 18.1. The number of nitrogens with zero attached hydrogens (tertiary/aromatic N) is 5. The molecule has 3 heterocycles. The average Bonchev–Trinajstić information content (AvgIpc) is 3.66. The van der Waals surface area contributed by atoms with E-state index in [1.54, 1.807) is 23.1 Å². The van der Waals surface area contributed by atoms with Crippen LogP contribution >= 0.6 is 0 Å². The molecule has 186 valence electrons. The van der Waals surface area contributed by atoms with Crippen molar-refractivity contribution in [1.29, 1.82) is 0 Å². The Hall–Kier alpha value is -4.53. The minimum atomic E-state index is -0.314. The number of H-pyrrole nitrogens is 1. The van der Waals surface area contributed by atoms with Gasteiger partial charge in [-0.15, -0.1) is 0 Å². The van der Waals surface area contributed by atoms with Crippen molar-refractivity contribution < 1.29 is 13.9 Å². The summed E-state index contributed by atoms with van der Waals surface area (Å²) < 4.78 is 20.6. The molecule has 1 saturated heterocycles. The predicted octanol–water partition coefficient (Wildman–Crippen LogP) is 4.92. The molecule has 0 spiro atoms. The average molecular weight is 497 g/mol. The summed E-state index contributed by atoms with van der Waals surface area (Å²) in [6.07, 6.45) is 4.67. The molecule has 1 aliphatic rings. The Balaban J connectivity index is 1.26. The Morgan fingerprint density at radius 1 is 1.05 bits per heavy atom. The lowest BCUT2D eigenvalue weighted by Crippen LogP contribution is -2.34. The van der Waals surface area contributed by atoms with Gasteiger partial charge in [-0.25, -0.2) is 19.0 Å². The molecule has 37 heavy (non-hydrogen) atoms. The van der Waals surface area contributed by atoms with Crippen molar-refractivity contribution >= 4 is 16.9 Å². The maximum absolute atomic E-state index is 13.3. The standard InChI is InChI=1S/C28H25FN6O2/c29-21-6-8-22(9-7-21)37-23-10-11-24-25(14-23)33-28(32-24)26-13-20(12-19-4-2-1-3-5-19)15-35(26)27(36)16-34-18-30-17-31-34/h1-11,14,17-18,20,26H,12-13,15-16H2,(H,32,33)/t20-,26+/m1/s1. The summed E-state index contributed by atoms with van der Waals surface area (Å²) in [5, 5.41) is 4.10. The summed E-state index contributed by atoms with van der Waals surface area (Å²) in [6, 6.07) is 21.6. The molecule has 0 unspecified atom stereocenters. The third kappa shape index (κ3) is 5.06. The zero-order valence-corrected chi connectivity index (χ0v) is 20.0. The molecule has 1 aliphatic heterocycles. The van der Waals surface area contributed by atoms with E-state index in [1.807, 2.05) is 41.3 Å². The number of hydrogen-bond acceptors (Lipinski definition) is 5. The van der Waals surface area contributed by atoms with Crippen LogP contribution < -0.4 is 4.74 Å². The zero-order valence-electron chi connectivity index (χ0n) is 20.0. The van der Waals surface area contributed by atoms with Gasteiger partial charge in [-0.3, -0.25) is 4.79 Å². The highest BCUT2D eigenvalue weighted by molar-refractivity contribution is 5.79. The third-order valence-electron chi connectivity index (χ3n) is 6.68. The van der Waals surface area contributed by atoms with E-state index < -0.39 is 0 Å². The number of halogens is 1. The first-order valence-corrected chi connectivity index (χ1v) is 12.2. The van der Waals surface area contributed by atoms with Crippen molar-refractivity contribution in [2.75, 3.05) is 6.54 Å². The van der Waals surface area contributed by atoms with E-state index in [-0.39, 0.29) is 24.3 Å². The van der Waals surface area contributed by atoms with E-state index in [1.165, 1.54) is 24.0 Å². The predicted molar refractivity (Wildman–Crippen MR) is 135 cm³/mol. The van der Waals surface area contributed by atoms with Crippen LogP contribution in [0.15, 0.2) is 85.5 Å². The normalized spacial score (nSPS) is 17.4. The molecule has 1 fully saturated rings. The van der Waals surface area contributed by atoms with Gasteiger partial charge in [0.05, 0.1) is 17.1 Å². The Bertz CT molecular complexity index is 1500. The summed E-state index contributed by atoms with van der Waals surface area (Å²) in [5.41, 5.74) is 2.85. The molecule has 6 rings (SSSR count). The number of hydrogen-bond donors (Lipinski definition) is 1. The van der Waals surface area contributed by atoms with Crippen LogP contribution in [0.2, 0.25) is 0 Å². The second kappa shape index (κ2) is 9.85. The van der Waals surface area contributed by atoms with Crippen molar-refractivity contribution in [1.82, 2.24) is 29.6 Å². The fourth-order valence-electron chi connectivity index (χ4n) is 4.97. The van der Waals surface area contributed by atoms with Gasteiger partial charge in [0, 0.05) is 12.6 Å². The number of amides is 1. The van der Waals surface area contributed by atoms with E-state index in [0.29, 0.717) is 24.0 Å². The van der Waals surface area contributed by atoms with E-state index in [2.05, 4.69) is 27.2 Å². The number of aromatic nitrogens is 5. The summed E-state index contributed by atoms with van der Waals surface area (Å²) in [7, 11) is 0. The Kier molecular flexibility index (Phi) is 6.10. The minimum Gasteiger partial charge on any atom is -0.457 e. The van der Waals surface area contributed by atoms with Crippen LogP contribution in [-0.2, 0) is 17.8 Å². The van der Waals surface area contributed by atoms with Crippen LogP contribution in [0.5, 0.6) is 11.5 Å². The molecule has 5 aromatic rings. The third-order valence-corrected chi connectivity index (χ3v) is 6.68. The van der Waals surface area contributed by atoms with Gasteiger partial charge >= 0.3 is 0 Å². The van der Waals surface area contributed by atoms with Gasteiger partial charge in [-0.05, 0) is 60.7 Å². The monoisotopic (exact) mass is 496 g/mol. The number of carbonyl (C=O) groups excluding carboxylic acids is 1. The Morgan fingerprint density at radius 2 is 1.86 bits per heavy atom. The van der Waals surface area contributed by atoms with E-state index in [9.17, 15) is 9.18 Å². The zero-order chi connectivity index (χ0) is 25.2. The second-order valence-electron chi connectivity index (χ2n) is 9.30. The molecule has 0 saturated carbocycles. The van der Waals surface area contributed by atoms with E-state index >= 15 is 0 Å². The number of fused-ring (bicyclic) bond motifs is 1. The minimum absolute atomic E-state index is 0.0214. The number of imidazole rings is 1. The van der Waals surface area contributed by atoms with Crippen molar-refractivity contribution in [2.45, 2.75) is 25.4 Å². The molecular weight excluding hydrogens is 471 g/mol. The summed E-state index contributed by atoms with van der Waals surface area (Å²) in [5.74, 6) is 1.87. The highest BCUT2D eigenvalue weighted by Crippen LogP contribution is 2.37. The van der Waals surface area contributed by atoms with Crippen LogP contribution in [0.25, 0.3) is 11.0 Å². The number of rotatable bonds is 7. The van der Waals surface area contributed by atoms with Crippen LogP contribution in [0.1, 0.15) is 23.9 Å². The molecule has 8 nitrogen and oxygen atoms in total. The fourth-order valence-corrected chi connectivity index (χ4v) is 4.97. The van der Waals surface area contributed by atoms with Crippen LogP contribution in [0.3, 0.4) is 0 Å². The number of nitrogens with one attached hydrogen (secondary N) is 1. The van der Waals surface area contributed by atoms with Gasteiger partial charge in [0.15, 0.2) is 0 Å². The van der Waals surface area contributed by atoms with Gasteiger partial charge in [0.25, 0.3) is 0 Å². The van der Waals surface area contributed by atoms with Gasteiger partial charge < -0.3 is 14.6 Å². The number of benzene rings is 3. The topological polar surface area (TPSA) is 88.9 Å². The quantitative estimate of drug-likeness (QED) is 0.346. The molecular formula is C28H25FN6O2. The second-order valence-corrected chi connectivity index (χ2v) is 9.30. The first kappa shape index (κ1) is 22.9. The van der Waals surface area contributed by atoms with Crippen molar-refractivity contribution in [3.05, 3.63) is 103 Å². The molecule has 3 aromatic carbocycles. The maximum Gasteiger partial charge on any atom is 0.245 e. The first-order valence-electron chi connectivity index (χ1n) is 12.2. The number of likely N-dealkylation sites (tertiary alicyclic amines) is 1. The van der Waals surface area contributed by atoms with E-state index in [4.69, 9.17) is 9.72 Å².